The summed E-state index contributed by atoms with van der Waals surface area (Å²) < 4.78 is 5.42. The van der Waals surface area contributed by atoms with Gasteiger partial charge in [0.05, 0.1) is 0 Å². The molecule has 1 aromatic heterocycles. The third-order valence-electron chi connectivity index (χ3n) is 3.90. The zero-order valence-corrected chi connectivity index (χ0v) is 9.53. The van der Waals surface area contributed by atoms with Crippen LogP contribution < -0.4 is 0 Å². The fourth-order valence-electron chi connectivity index (χ4n) is 2.74. The molecule has 1 aliphatic carbocycles. The Bertz CT molecular complexity index is 387. The van der Waals surface area contributed by atoms with Gasteiger partial charge in [0.1, 0.15) is 5.54 Å². The summed E-state index contributed by atoms with van der Waals surface area (Å²) >= 11 is 0. The molecular weight excluding hydrogens is 190 g/mol. The molecule has 0 radical (unpaired) electrons. The summed E-state index contributed by atoms with van der Waals surface area (Å²) in [5.41, 5.74) is 0.111. The van der Waals surface area contributed by atoms with E-state index in [0.717, 1.165) is 24.2 Å². The van der Waals surface area contributed by atoms with E-state index in [9.17, 15) is 0 Å². The first kappa shape index (κ1) is 9.33. The van der Waals surface area contributed by atoms with Crippen LogP contribution in [0.3, 0.4) is 0 Å². The van der Waals surface area contributed by atoms with E-state index in [2.05, 4.69) is 35.9 Å². The number of piperidine rings is 1. The smallest absolute Gasteiger partial charge is 0.247 e. The minimum atomic E-state index is 0.111. The van der Waals surface area contributed by atoms with Crippen LogP contribution in [0.2, 0.25) is 0 Å². The molecule has 0 amide bonds. The maximum absolute atomic E-state index is 5.42. The molecule has 82 valence electrons. The average molecular weight is 207 g/mol. The van der Waals surface area contributed by atoms with Crippen LogP contribution in [-0.4, -0.2) is 28.6 Å². The fourth-order valence-corrected chi connectivity index (χ4v) is 2.74. The van der Waals surface area contributed by atoms with Crippen molar-refractivity contribution in [1.29, 1.82) is 0 Å². The van der Waals surface area contributed by atoms with E-state index in [1.54, 1.807) is 0 Å². The Morgan fingerprint density at radius 2 is 2.33 bits per heavy atom. The second-order valence-electron chi connectivity index (χ2n) is 5.15. The van der Waals surface area contributed by atoms with Crippen molar-refractivity contribution >= 4 is 0 Å². The van der Waals surface area contributed by atoms with Gasteiger partial charge in [-0.25, -0.2) is 0 Å². The van der Waals surface area contributed by atoms with Gasteiger partial charge in [0.15, 0.2) is 5.82 Å². The van der Waals surface area contributed by atoms with Gasteiger partial charge in [0, 0.05) is 5.92 Å². The lowest BCUT2D eigenvalue weighted by molar-refractivity contribution is 0.202. The summed E-state index contributed by atoms with van der Waals surface area (Å²) in [5, 5.41) is 4.05. The molecule has 0 bridgehead atoms. The van der Waals surface area contributed by atoms with E-state index in [-0.39, 0.29) is 5.54 Å². The SMILES string of the molecule is CC(C)c1noc([C@]23C[C@H]2CCN3C)n1. The molecule has 3 rings (SSSR count). The van der Waals surface area contributed by atoms with Crippen LogP contribution in [-0.2, 0) is 5.54 Å². The van der Waals surface area contributed by atoms with Crippen molar-refractivity contribution in [3.63, 3.8) is 0 Å². The molecule has 0 aromatic carbocycles. The lowest BCUT2D eigenvalue weighted by Crippen LogP contribution is -2.29. The predicted octanol–water partition coefficient (Wildman–Crippen LogP) is 1.74. The van der Waals surface area contributed by atoms with Crippen LogP contribution in [0, 0.1) is 5.92 Å². The van der Waals surface area contributed by atoms with Crippen molar-refractivity contribution in [1.82, 2.24) is 15.0 Å². The van der Waals surface area contributed by atoms with Gasteiger partial charge in [0.25, 0.3) is 0 Å². The van der Waals surface area contributed by atoms with Crippen molar-refractivity contribution in [2.45, 2.75) is 38.1 Å². The van der Waals surface area contributed by atoms with Crippen molar-refractivity contribution in [2.24, 2.45) is 5.92 Å². The molecule has 2 heterocycles. The van der Waals surface area contributed by atoms with Crippen molar-refractivity contribution < 1.29 is 4.52 Å². The number of rotatable bonds is 2. The summed E-state index contributed by atoms with van der Waals surface area (Å²) in [6, 6.07) is 0. The molecular formula is C11H17N3O. The van der Waals surface area contributed by atoms with Gasteiger partial charge in [-0.05, 0) is 32.4 Å². The molecule has 4 nitrogen and oxygen atoms in total. The van der Waals surface area contributed by atoms with Gasteiger partial charge in [-0.3, -0.25) is 4.90 Å². The zero-order valence-electron chi connectivity index (χ0n) is 9.53. The van der Waals surface area contributed by atoms with Crippen LogP contribution in [0.25, 0.3) is 0 Å². The van der Waals surface area contributed by atoms with Gasteiger partial charge in [-0.2, -0.15) is 4.98 Å². The molecule has 0 spiro atoms. The van der Waals surface area contributed by atoms with Crippen LogP contribution in [0.5, 0.6) is 0 Å². The Kier molecular flexibility index (Phi) is 1.75. The minimum absolute atomic E-state index is 0.111. The zero-order chi connectivity index (χ0) is 10.6. The second kappa shape index (κ2) is 2.82. The molecule has 4 heteroatoms. The fraction of sp³-hybridized carbons (Fsp3) is 0.818. The maximum atomic E-state index is 5.42. The van der Waals surface area contributed by atoms with E-state index in [1.807, 2.05) is 0 Å². The van der Waals surface area contributed by atoms with Crippen LogP contribution >= 0.6 is 0 Å². The highest BCUT2D eigenvalue weighted by molar-refractivity contribution is 5.22. The highest BCUT2D eigenvalue weighted by Gasteiger charge is 2.65. The van der Waals surface area contributed by atoms with E-state index in [1.165, 1.54) is 12.8 Å². The molecule has 0 N–H and O–H groups in total. The van der Waals surface area contributed by atoms with Gasteiger partial charge >= 0.3 is 0 Å². The molecule has 1 saturated carbocycles. The average Bonchev–Trinajstić information content (AvgIpc) is 2.58. The van der Waals surface area contributed by atoms with E-state index in [0.29, 0.717) is 5.92 Å². The Hall–Kier alpha value is -0.900. The standard InChI is InChI=1S/C11H17N3O/c1-7(2)9-12-10(15-13-9)11-6-8(11)4-5-14(11)3/h7-8H,4-6H2,1-3H3/t8-,11+/m1/s1. The van der Waals surface area contributed by atoms with E-state index < -0.39 is 0 Å². The number of fused-ring (bicyclic) bond motifs is 1. The maximum Gasteiger partial charge on any atom is 0.247 e. The van der Waals surface area contributed by atoms with Crippen LogP contribution in [0.15, 0.2) is 4.52 Å². The quantitative estimate of drug-likeness (QED) is 0.741. The Labute approximate surface area is 89.6 Å². The van der Waals surface area contributed by atoms with Crippen molar-refractivity contribution in [3.8, 4) is 0 Å². The molecule has 2 aliphatic rings. The molecule has 15 heavy (non-hydrogen) atoms. The summed E-state index contributed by atoms with van der Waals surface area (Å²) in [4.78, 5) is 6.91. The normalized spacial score (nSPS) is 34.8. The Balaban J connectivity index is 1.93. The third kappa shape index (κ3) is 1.11. The van der Waals surface area contributed by atoms with Gasteiger partial charge in [-0.15, -0.1) is 0 Å². The predicted molar refractivity (Wildman–Crippen MR) is 55.4 cm³/mol. The summed E-state index contributed by atoms with van der Waals surface area (Å²) in [5.74, 6) is 2.78. The molecule has 2 atom stereocenters. The number of hydrogen-bond acceptors (Lipinski definition) is 4. The summed E-state index contributed by atoms with van der Waals surface area (Å²) in [6.07, 6.45) is 2.47. The largest absolute Gasteiger partial charge is 0.337 e. The summed E-state index contributed by atoms with van der Waals surface area (Å²) in [6.45, 7) is 5.34. The van der Waals surface area contributed by atoms with Gasteiger partial charge in [0.2, 0.25) is 5.89 Å². The first-order valence-electron chi connectivity index (χ1n) is 5.70. The third-order valence-corrected chi connectivity index (χ3v) is 3.90. The number of aromatic nitrogens is 2. The first-order chi connectivity index (χ1) is 7.14. The lowest BCUT2D eigenvalue weighted by atomic mass is 10.2. The van der Waals surface area contributed by atoms with Gasteiger partial charge < -0.3 is 4.52 Å². The summed E-state index contributed by atoms with van der Waals surface area (Å²) in [7, 11) is 2.16. The Morgan fingerprint density at radius 3 is 2.80 bits per heavy atom. The molecule has 0 unspecified atom stereocenters. The van der Waals surface area contributed by atoms with E-state index in [4.69, 9.17) is 4.52 Å². The molecule has 1 saturated heterocycles. The number of likely N-dealkylation sites (tertiary alicyclic amines) is 1. The van der Waals surface area contributed by atoms with Crippen LogP contribution in [0.4, 0.5) is 0 Å². The highest BCUT2D eigenvalue weighted by atomic mass is 16.5. The van der Waals surface area contributed by atoms with Crippen molar-refractivity contribution in [2.75, 3.05) is 13.6 Å². The molecule has 2 fully saturated rings. The Morgan fingerprint density at radius 1 is 1.53 bits per heavy atom. The highest BCUT2D eigenvalue weighted by Crippen LogP contribution is 2.61. The number of nitrogens with zero attached hydrogens (tertiary/aromatic N) is 3. The topological polar surface area (TPSA) is 42.2 Å². The van der Waals surface area contributed by atoms with Crippen LogP contribution in [0.1, 0.15) is 44.3 Å². The van der Waals surface area contributed by atoms with Gasteiger partial charge in [-0.1, -0.05) is 19.0 Å². The first-order valence-corrected chi connectivity index (χ1v) is 5.70. The lowest BCUT2D eigenvalue weighted by Gasteiger charge is -2.19. The second-order valence-corrected chi connectivity index (χ2v) is 5.15. The van der Waals surface area contributed by atoms with E-state index >= 15 is 0 Å². The molecule has 1 aromatic rings. The molecule has 1 aliphatic heterocycles. The minimum Gasteiger partial charge on any atom is -0.337 e. The number of hydrogen-bond donors (Lipinski definition) is 0. The van der Waals surface area contributed by atoms with Crippen molar-refractivity contribution in [3.05, 3.63) is 11.7 Å². The monoisotopic (exact) mass is 207 g/mol.